The van der Waals surface area contributed by atoms with Crippen molar-refractivity contribution < 1.29 is 9.90 Å². The largest absolute Gasteiger partial charge is 0.396 e. The van der Waals surface area contributed by atoms with Crippen LogP contribution in [-0.4, -0.2) is 28.6 Å². The molecular formula is C8H18N2O2S. The van der Waals surface area contributed by atoms with E-state index in [1.807, 2.05) is 13.8 Å². The Balaban J connectivity index is 3.88. The molecule has 4 N–H and O–H groups in total. The van der Waals surface area contributed by atoms with Gasteiger partial charge in [-0.2, -0.15) is 0 Å². The van der Waals surface area contributed by atoms with Crippen LogP contribution < -0.4 is 11.3 Å². The minimum Gasteiger partial charge on any atom is -0.396 e. The Labute approximate surface area is 83.2 Å². The van der Waals surface area contributed by atoms with E-state index >= 15 is 0 Å². The molecule has 0 aromatic heterocycles. The monoisotopic (exact) mass is 206 g/mol. The van der Waals surface area contributed by atoms with Gasteiger partial charge in [-0.15, -0.1) is 11.8 Å². The summed E-state index contributed by atoms with van der Waals surface area (Å²) in [6.07, 6.45) is 0.714. The molecule has 0 aliphatic rings. The second-order valence-electron chi connectivity index (χ2n) is 3.12. The topological polar surface area (TPSA) is 75.3 Å². The molecule has 0 rings (SSSR count). The molecule has 0 aromatic rings. The van der Waals surface area contributed by atoms with E-state index in [0.717, 1.165) is 5.75 Å². The SMILES string of the molecule is CC(C)C(SCCCO)C(=O)NN. The third-order valence-electron chi connectivity index (χ3n) is 1.61. The minimum atomic E-state index is -0.141. The van der Waals surface area contributed by atoms with Gasteiger partial charge in [0.25, 0.3) is 0 Å². The number of hydrogen-bond acceptors (Lipinski definition) is 4. The molecule has 13 heavy (non-hydrogen) atoms. The van der Waals surface area contributed by atoms with Gasteiger partial charge in [0.05, 0.1) is 5.25 Å². The highest BCUT2D eigenvalue weighted by Crippen LogP contribution is 2.19. The van der Waals surface area contributed by atoms with Crippen LogP contribution in [0.15, 0.2) is 0 Å². The lowest BCUT2D eigenvalue weighted by atomic mass is 10.1. The first kappa shape index (κ1) is 12.7. The molecule has 0 spiro atoms. The van der Waals surface area contributed by atoms with E-state index in [9.17, 15) is 4.79 Å². The highest BCUT2D eigenvalue weighted by Gasteiger charge is 2.21. The molecule has 0 saturated carbocycles. The van der Waals surface area contributed by atoms with Crippen LogP contribution in [0.2, 0.25) is 0 Å². The Hall–Kier alpha value is -0.260. The van der Waals surface area contributed by atoms with Gasteiger partial charge in [-0.05, 0) is 18.1 Å². The zero-order valence-electron chi connectivity index (χ0n) is 8.12. The maximum absolute atomic E-state index is 11.2. The van der Waals surface area contributed by atoms with Crippen LogP contribution in [0.3, 0.4) is 0 Å². The third-order valence-corrected chi connectivity index (χ3v) is 3.25. The van der Waals surface area contributed by atoms with Gasteiger partial charge in [0, 0.05) is 6.61 Å². The first-order chi connectivity index (χ1) is 6.13. The lowest BCUT2D eigenvalue weighted by molar-refractivity contribution is -0.121. The average Bonchev–Trinajstić information content (AvgIpc) is 2.11. The molecule has 0 aliphatic heterocycles. The van der Waals surface area contributed by atoms with Crippen LogP contribution in [-0.2, 0) is 4.79 Å². The molecule has 1 amide bonds. The van der Waals surface area contributed by atoms with Crippen molar-refractivity contribution in [3.05, 3.63) is 0 Å². The quantitative estimate of drug-likeness (QED) is 0.250. The number of hydrogen-bond donors (Lipinski definition) is 3. The lowest BCUT2D eigenvalue weighted by Crippen LogP contribution is -2.40. The first-order valence-electron chi connectivity index (χ1n) is 4.36. The van der Waals surface area contributed by atoms with Crippen molar-refractivity contribution in [2.45, 2.75) is 25.5 Å². The van der Waals surface area contributed by atoms with Gasteiger partial charge >= 0.3 is 0 Å². The second kappa shape index (κ2) is 7.17. The van der Waals surface area contributed by atoms with Crippen molar-refractivity contribution >= 4 is 17.7 Å². The summed E-state index contributed by atoms with van der Waals surface area (Å²) in [5.41, 5.74) is 2.15. The smallest absolute Gasteiger partial charge is 0.247 e. The number of aliphatic hydroxyl groups is 1. The second-order valence-corrected chi connectivity index (χ2v) is 4.37. The lowest BCUT2D eigenvalue weighted by Gasteiger charge is -2.17. The number of nitrogens with one attached hydrogen (secondary N) is 1. The summed E-state index contributed by atoms with van der Waals surface area (Å²) in [6, 6.07) is 0. The number of carbonyl (C=O) groups is 1. The predicted octanol–water partition coefficient (Wildman–Crippen LogP) is 0.116. The van der Waals surface area contributed by atoms with Gasteiger partial charge in [0.2, 0.25) is 5.91 Å². The van der Waals surface area contributed by atoms with E-state index in [2.05, 4.69) is 5.43 Å². The fourth-order valence-electron chi connectivity index (χ4n) is 0.928. The highest BCUT2D eigenvalue weighted by molar-refractivity contribution is 8.00. The first-order valence-corrected chi connectivity index (χ1v) is 5.41. The number of thioether (sulfide) groups is 1. The molecule has 0 bridgehead atoms. The molecule has 0 fully saturated rings. The highest BCUT2D eigenvalue weighted by atomic mass is 32.2. The Morgan fingerprint density at radius 2 is 2.23 bits per heavy atom. The van der Waals surface area contributed by atoms with Crippen LogP contribution in [0.4, 0.5) is 0 Å². The number of carbonyl (C=O) groups excluding carboxylic acids is 1. The Kier molecular flexibility index (Phi) is 7.03. The summed E-state index contributed by atoms with van der Waals surface area (Å²) < 4.78 is 0. The van der Waals surface area contributed by atoms with Crippen molar-refractivity contribution in [1.29, 1.82) is 0 Å². The van der Waals surface area contributed by atoms with Gasteiger partial charge in [0.1, 0.15) is 0 Å². The number of aliphatic hydroxyl groups excluding tert-OH is 1. The summed E-state index contributed by atoms with van der Waals surface area (Å²) in [4.78, 5) is 11.2. The summed E-state index contributed by atoms with van der Waals surface area (Å²) in [5, 5.41) is 8.46. The minimum absolute atomic E-state index is 0.114. The molecule has 0 saturated heterocycles. The number of rotatable bonds is 6. The van der Waals surface area contributed by atoms with Gasteiger partial charge < -0.3 is 5.11 Å². The van der Waals surface area contributed by atoms with Crippen LogP contribution in [0.1, 0.15) is 20.3 Å². The van der Waals surface area contributed by atoms with Gasteiger partial charge in [-0.3, -0.25) is 10.2 Å². The number of hydrazine groups is 1. The van der Waals surface area contributed by atoms with Crippen molar-refractivity contribution in [3.63, 3.8) is 0 Å². The third kappa shape index (κ3) is 5.13. The fraction of sp³-hybridized carbons (Fsp3) is 0.875. The Morgan fingerprint density at radius 3 is 2.62 bits per heavy atom. The number of nitrogens with two attached hydrogens (primary N) is 1. The Bertz CT molecular complexity index is 153. The summed E-state index contributed by atoms with van der Waals surface area (Å²) in [6.45, 7) is 4.12. The molecule has 78 valence electrons. The van der Waals surface area contributed by atoms with Crippen LogP contribution in [0.25, 0.3) is 0 Å². The molecule has 0 heterocycles. The van der Waals surface area contributed by atoms with Gasteiger partial charge in [-0.25, -0.2) is 5.84 Å². The maximum Gasteiger partial charge on any atom is 0.247 e. The molecule has 1 unspecified atom stereocenters. The molecule has 0 aromatic carbocycles. The van der Waals surface area contributed by atoms with Gasteiger partial charge in [-0.1, -0.05) is 13.8 Å². The summed E-state index contributed by atoms with van der Waals surface area (Å²) in [5.74, 6) is 5.95. The van der Waals surface area contributed by atoms with Crippen molar-refractivity contribution in [3.8, 4) is 0 Å². The van der Waals surface area contributed by atoms with E-state index in [0.29, 0.717) is 6.42 Å². The van der Waals surface area contributed by atoms with Crippen molar-refractivity contribution in [1.82, 2.24) is 5.43 Å². The van der Waals surface area contributed by atoms with Crippen molar-refractivity contribution in [2.75, 3.05) is 12.4 Å². The molecule has 0 radical (unpaired) electrons. The molecule has 4 nitrogen and oxygen atoms in total. The maximum atomic E-state index is 11.2. The average molecular weight is 206 g/mol. The molecule has 0 aliphatic carbocycles. The summed E-state index contributed by atoms with van der Waals surface area (Å²) in [7, 11) is 0. The summed E-state index contributed by atoms with van der Waals surface area (Å²) >= 11 is 1.53. The zero-order valence-corrected chi connectivity index (χ0v) is 8.93. The van der Waals surface area contributed by atoms with E-state index in [4.69, 9.17) is 10.9 Å². The van der Waals surface area contributed by atoms with Gasteiger partial charge in [0.15, 0.2) is 0 Å². The molecule has 1 atom stereocenters. The van der Waals surface area contributed by atoms with Crippen LogP contribution >= 0.6 is 11.8 Å². The standard InChI is InChI=1S/C8H18N2O2S/c1-6(2)7(8(12)10-9)13-5-3-4-11/h6-7,11H,3-5,9H2,1-2H3,(H,10,12). The Morgan fingerprint density at radius 1 is 1.62 bits per heavy atom. The van der Waals surface area contributed by atoms with Crippen LogP contribution in [0, 0.1) is 5.92 Å². The van der Waals surface area contributed by atoms with E-state index < -0.39 is 0 Å². The zero-order chi connectivity index (χ0) is 10.3. The normalized spacial score (nSPS) is 13.0. The number of amides is 1. The van der Waals surface area contributed by atoms with E-state index in [-0.39, 0.29) is 23.7 Å². The van der Waals surface area contributed by atoms with Crippen molar-refractivity contribution in [2.24, 2.45) is 11.8 Å². The molecule has 5 heteroatoms. The van der Waals surface area contributed by atoms with E-state index in [1.54, 1.807) is 0 Å². The molecular weight excluding hydrogens is 188 g/mol. The van der Waals surface area contributed by atoms with Crippen LogP contribution in [0.5, 0.6) is 0 Å². The van der Waals surface area contributed by atoms with E-state index in [1.165, 1.54) is 11.8 Å². The fourth-order valence-corrected chi connectivity index (χ4v) is 2.08. The predicted molar refractivity (Wildman–Crippen MR) is 55.1 cm³/mol.